The highest BCUT2D eigenvalue weighted by Crippen LogP contribution is 2.39. The molecule has 25 heavy (non-hydrogen) atoms. The fraction of sp³-hybridized carbons (Fsp3) is 0.765. The molecule has 0 saturated carbocycles. The number of amides is 1. The van der Waals surface area contributed by atoms with Crippen LogP contribution < -0.4 is 0 Å². The molecule has 8 heteroatoms. The Balaban J connectivity index is 2.22. The number of rotatable bonds is 2. The SMILES string of the molecule is COC(=O)C1C=C(B2OC(C)(C)C(C)(C)O2)CN1C(=O)OC(C)(C)C. The zero-order valence-corrected chi connectivity index (χ0v) is 16.3. The Morgan fingerprint density at radius 1 is 1.20 bits per heavy atom. The van der Waals surface area contributed by atoms with E-state index in [0.29, 0.717) is 5.47 Å². The number of esters is 1. The number of hydrogen-bond donors (Lipinski definition) is 0. The van der Waals surface area contributed by atoms with E-state index in [1.165, 1.54) is 12.0 Å². The monoisotopic (exact) mass is 353 g/mol. The van der Waals surface area contributed by atoms with Crippen LogP contribution in [0.3, 0.4) is 0 Å². The van der Waals surface area contributed by atoms with Gasteiger partial charge in [-0.2, -0.15) is 0 Å². The highest BCUT2D eigenvalue weighted by Gasteiger charge is 2.54. The number of nitrogens with zero attached hydrogens (tertiary/aromatic N) is 1. The standard InChI is InChI=1S/C17H28BNO6/c1-15(2,3)23-14(21)19-10-11(9-12(19)13(20)22-8)18-24-16(4,5)17(6,7)25-18/h9,12H,10H2,1-8H3. The second-order valence-corrected chi connectivity index (χ2v) is 8.41. The van der Waals surface area contributed by atoms with E-state index < -0.39 is 42.0 Å². The predicted molar refractivity (Wildman–Crippen MR) is 92.9 cm³/mol. The first-order valence-corrected chi connectivity index (χ1v) is 8.41. The number of ether oxygens (including phenoxy) is 2. The van der Waals surface area contributed by atoms with E-state index >= 15 is 0 Å². The maximum absolute atomic E-state index is 12.5. The number of hydrogen-bond acceptors (Lipinski definition) is 6. The molecule has 0 spiro atoms. The summed E-state index contributed by atoms with van der Waals surface area (Å²) in [6.07, 6.45) is 1.09. The van der Waals surface area contributed by atoms with E-state index in [1.54, 1.807) is 26.8 Å². The molecule has 2 aliphatic heterocycles. The van der Waals surface area contributed by atoms with Crippen molar-refractivity contribution in [1.29, 1.82) is 0 Å². The van der Waals surface area contributed by atoms with Gasteiger partial charge in [-0.05, 0) is 53.9 Å². The molecule has 0 aliphatic carbocycles. The molecule has 0 radical (unpaired) electrons. The van der Waals surface area contributed by atoms with Gasteiger partial charge in [0, 0.05) is 6.54 Å². The third-order valence-corrected chi connectivity index (χ3v) is 4.69. The van der Waals surface area contributed by atoms with E-state index in [4.69, 9.17) is 18.8 Å². The van der Waals surface area contributed by atoms with Crippen molar-refractivity contribution in [2.45, 2.75) is 71.3 Å². The van der Waals surface area contributed by atoms with Gasteiger partial charge in [-0.1, -0.05) is 6.08 Å². The number of carbonyl (C=O) groups is 2. The Kier molecular flexibility index (Phi) is 5.00. The van der Waals surface area contributed by atoms with Crippen molar-refractivity contribution in [2.75, 3.05) is 13.7 Å². The van der Waals surface area contributed by atoms with Crippen molar-refractivity contribution in [3.63, 3.8) is 0 Å². The van der Waals surface area contributed by atoms with Crippen molar-refractivity contribution >= 4 is 19.2 Å². The lowest BCUT2D eigenvalue weighted by atomic mass is 9.78. The maximum Gasteiger partial charge on any atom is 0.492 e. The highest BCUT2D eigenvalue weighted by molar-refractivity contribution is 6.55. The quantitative estimate of drug-likeness (QED) is 0.560. The van der Waals surface area contributed by atoms with E-state index in [-0.39, 0.29) is 6.54 Å². The Labute approximate surface area is 149 Å². The molecule has 0 bridgehead atoms. The summed E-state index contributed by atoms with van der Waals surface area (Å²) in [6.45, 7) is 13.3. The van der Waals surface area contributed by atoms with Gasteiger partial charge in [-0.15, -0.1) is 0 Å². The van der Waals surface area contributed by atoms with Crippen LogP contribution in [0.4, 0.5) is 4.79 Å². The minimum Gasteiger partial charge on any atom is -0.467 e. The first-order valence-electron chi connectivity index (χ1n) is 8.41. The van der Waals surface area contributed by atoms with Crippen LogP contribution in [0.1, 0.15) is 48.5 Å². The highest BCUT2D eigenvalue weighted by atomic mass is 16.7. The van der Waals surface area contributed by atoms with Crippen LogP contribution >= 0.6 is 0 Å². The second kappa shape index (κ2) is 6.32. The van der Waals surface area contributed by atoms with Crippen molar-refractivity contribution in [3.05, 3.63) is 11.5 Å². The smallest absolute Gasteiger partial charge is 0.467 e. The van der Waals surface area contributed by atoms with Crippen LogP contribution in [0, 0.1) is 0 Å². The van der Waals surface area contributed by atoms with Crippen molar-refractivity contribution < 1.29 is 28.4 Å². The van der Waals surface area contributed by atoms with Crippen LogP contribution in [0.2, 0.25) is 0 Å². The zero-order valence-electron chi connectivity index (χ0n) is 16.3. The second-order valence-electron chi connectivity index (χ2n) is 8.41. The van der Waals surface area contributed by atoms with Gasteiger partial charge in [0.15, 0.2) is 6.04 Å². The molecule has 1 atom stereocenters. The average molecular weight is 353 g/mol. The fourth-order valence-corrected chi connectivity index (χ4v) is 2.60. The van der Waals surface area contributed by atoms with Gasteiger partial charge in [0.2, 0.25) is 0 Å². The van der Waals surface area contributed by atoms with Crippen molar-refractivity contribution in [1.82, 2.24) is 4.90 Å². The van der Waals surface area contributed by atoms with Crippen LogP contribution in [0.15, 0.2) is 11.5 Å². The lowest BCUT2D eigenvalue weighted by molar-refractivity contribution is -0.144. The summed E-state index contributed by atoms with van der Waals surface area (Å²) >= 11 is 0. The average Bonchev–Trinajstić information content (AvgIpc) is 2.96. The summed E-state index contributed by atoms with van der Waals surface area (Å²) < 4.78 is 22.3. The Bertz CT molecular complexity index is 576. The summed E-state index contributed by atoms with van der Waals surface area (Å²) in [7, 11) is 0.667. The minimum absolute atomic E-state index is 0.186. The third kappa shape index (κ3) is 4.01. The molecular weight excluding hydrogens is 325 g/mol. The lowest BCUT2D eigenvalue weighted by Gasteiger charge is -2.32. The molecular formula is C17H28BNO6. The summed E-state index contributed by atoms with van der Waals surface area (Å²) in [5.74, 6) is -0.530. The minimum atomic E-state index is -0.853. The summed E-state index contributed by atoms with van der Waals surface area (Å²) in [6, 6.07) is -0.853. The zero-order chi connectivity index (χ0) is 19.2. The van der Waals surface area contributed by atoms with Gasteiger partial charge in [0.25, 0.3) is 0 Å². The molecule has 1 fully saturated rings. The first kappa shape index (κ1) is 19.8. The molecule has 0 aromatic heterocycles. The molecule has 140 valence electrons. The van der Waals surface area contributed by atoms with Gasteiger partial charge >= 0.3 is 19.2 Å². The van der Waals surface area contributed by atoms with Gasteiger partial charge < -0.3 is 18.8 Å². The number of carbonyl (C=O) groups excluding carboxylic acids is 2. The van der Waals surface area contributed by atoms with E-state index in [9.17, 15) is 9.59 Å². The van der Waals surface area contributed by atoms with Gasteiger partial charge in [-0.25, -0.2) is 9.59 Å². The molecule has 0 aromatic rings. The molecule has 0 aromatic carbocycles. The largest absolute Gasteiger partial charge is 0.492 e. The lowest BCUT2D eigenvalue weighted by Crippen LogP contribution is -2.44. The van der Waals surface area contributed by atoms with E-state index in [1.807, 2.05) is 27.7 Å². The Morgan fingerprint density at radius 2 is 1.72 bits per heavy atom. The molecule has 2 heterocycles. The van der Waals surface area contributed by atoms with Crippen LogP contribution in [-0.2, 0) is 23.6 Å². The number of methoxy groups -OCH3 is 1. The van der Waals surface area contributed by atoms with Crippen LogP contribution in [-0.4, -0.2) is 60.6 Å². The summed E-state index contributed by atoms with van der Waals surface area (Å²) in [5.41, 5.74) is -0.956. The van der Waals surface area contributed by atoms with E-state index in [2.05, 4.69) is 0 Å². The molecule has 1 unspecified atom stereocenters. The molecule has 2 aliphatic rings. The Morgan fingerprint density at radius 3 is 2.16 bits per heavy atom. The van der Waals surface area contributed by atoms with Crippen LogP contribution in [0.25, 0.3) is 0 Å². The van der Waals surface area contributed by atoms with E-state index in [0.717, 1.165) is 0 Å². The summed E-state index contributed by atoms with van der Waals surface area (Å²) in [5, 5.41) is 0. The van der Waals surface area contributed by atoms with Gasteiger partial charge in [0.05, 0.1) is 18.3 Å². The molecule has 0 N–H and O–H groups in total. The normalized spacial score (nSPS) is 25.0. The fourth-order valence-electron chi connectivity index (χ4n) is 2.60. The van der Waals surface area contributed by atoms with Crippen molar-refractivity contribution in [2.24, 2.45) is 0 Å². The molecule has 1 saturated heterocycles. The van der Waals surface area contributed by atoms with Gasteiger partial charge in [-0.3, -0.25) is 4.90 Å². The Hall–Kier alpha value is -1.54. The maximum atomic E-state index is 12.5. The molecule has 2 rings (SSSR count). The molecule has 7 nitrogen and oxygen atoms in total. The van der Waals surface area contributed by atoms with Crippen molar-refractivity contribution in [3.8, 4) is 0 Å². The first-order chi connectivity index (χ1) is 11.3. The summed E-state index contributed by atoms with van der Waals surface area (Å²) in [4.78, 5) is 25.9. The molecule has 1 amide bonds. The predicted octanol–water partition coefficient (Wildman–Crippen LogP) is 2.34. The third-order valence-electron chi connectivity index (χ3n) is 4.69. The van der Waals surface area contributed by atoms with Crippen LogP contribution in [0.5, 0.6) is 0 Å². The van der Waals surface area contributed by atoms with Gasteiger partial charge in [0.1, 0.15) is 5.60 Å². The topological polar surface area (TPSA) is 74.3 Å².